The molecule has 2 aromatic rings. The van der Waals surface area contributed by atoms with Gasteiger partial charge in [0.1, 0.15) is 4.88 Å². The number of nitrogens with two attached hydrogens (primary N) is 1. The van der Waals surface area contributed by atoms with Crippen molar-refractivity contribution < 1.29 is 17.9 Å². The molecule has 1 saturated heterocycles. The maximum Gasteiger partial charge on any atom is 0.348 e. The van der Waals surface area contributed by atoms with Crippen LogP contribution in [0.4, 0.5) is 0 Å². The largest absolute Gasteiger partial charge is 0.462 e. The summed E-state index contributed by atoms with van der Waals surface area (Å²) in [6.45, 7) is 2.84. The number of carbonyl (C=O) groups excluding carboxylic acids is 1. The van der Waals surface area contributed by atoms with Crippen molar-refractivity contribution in [3.05, 3.63) is 29.1 Å². The van der Waals surface area contributed by atoms with Crippen LogP contribution in [-0.2, 0) is 14.8 Å². The summed E-state index contributed by atoms with van der Waals surface area (Å²) in [7, 11) is -3.54. The van der Waals surface area contributed by atoms with E-state index in [2.05, 4.69) is 0 Å². The highest BCUT2D eigenvalue weighted by molar-refractivity contribution is 7.89. The third kappa shape index (κ3) is 3.12. The summed E-state index contributed by atoms with van der Waals surface area (Å²) in [5.41, 5.74) is 5.80. The van der Waals surface area contributed by atoms with Gasteiger partial charge in [-0.1, -0.05) is 0 Å². The van der Waals surface area contributed by atoms with Crippen molar-refractivity contribution in [1.29, 1.82) is 0 Å². The molecule has 0 spiro atoms. The van der Waals surface area contributed by atoms with Gasteiger partial charge >= 0.3 is 5.97 Å². The minimum Gasteiger partial charge on any atom is -0.462 e. The lowest BCUT2D eigenvalue weighted by atomic mass is 10.2. The van der Waals surface area contributed by atoms with Gasteiger partial charge in [0.15, 0.2) is 0 Å². The molecule has 0 saturated carbocycles. The van der Waals surface area contributed by atoms with Gasteiger partial charge in [0, 0.05) is 23.8 Å². The fraction of sp³-hybridized carbons (Fsp3) is 0.400. The van der Waals surface area contributed by atoms with Crippen molar-refractivity contribution in [2.75, 3.05) is 19.7 Å². The molecule has 8 heteroatoms. The lowest BCUT2D eigenvalue weighted by Gasteiger charge is -2.15. The van der Waals surface area contributed by atoms with Crippen molar-refractivity contribution in [2.45, 2.75) is 24.3 Å². The molecule has 23 heavy (non-hydrogen) atoms. The predicted molar refractivity (Wildman–Crippen MR) is 89.1 cm³/mol. The fourth-order valence-electron chi connectivity index (χ4n) is 2.61. The minimum atomic E-state index is -3.54. The highest BCUT2D eigenvalue weighted by atomic mass is 32.2. The van der Waals surface area contributed by atoms with Gasteiger partial charge in [-0.15, -0.1) is 11.3 Å². The Kier molecular flexibility index (Phi) is 4.41. The molecule has 0 aliphatic carbocycles. The summed E-state index contributed by atoms with van der Waals surface area (Å²) in [5, 5.41) is 0.725. The highest BCUT2D eigenvalue weighted by Crippen LogP contribution is 2.30. The first-order chi connectivity index (χ1) is 10.9. The lowest BCUT2D eigenvalue weighted by Crippen LogP contribution is -2.31. The van der Waals surface area contributed by atoms with Gasteiger partial charge in [0.05, 0.1) is 11.5 Å². The number of benzene rings is 1. The number of thiophene rings is 1. The van der Waals surface area contributed by atoms with Crippen LogP contribution in [0, 0.1) is 0 Å². The molecule has 124 valence electrons. The minimum absolute atomic E-state index is 0.106. The maximum absolute atomic E-state index is 12.6. The zero-order valence-electron chi connectivity index (χ0n) is 12.7. The van der Waals surface area contributed by atoms with Crippen LogP contribution in [0.25, 0.3) is 10.1 Å². The second-order valence-corrected chi connectivity index (χ2v) is 8.46. The molecule has 1 atom stereocenters. The molecule has 2 heterocycles. The quantitative estimate of drug-likeness (QED) is 0.846. The third-order valence-electron chi connectivity index (χ3n) is 3.79. The Morgan fingerprint density at radius 2 is 2.22 bits per heavy atom. The summed E-state index contributed by atoms with van der Waals surface area (Å²) in [6, 6.07) is 6.48. The van der Waals surface area contributed by atoms with E-state index in [9.17, 15) is 13.2 Å². The molecular formula is C15H18N2O4S2. The zero-order valence-corrected chi connectivity index (χ0v) is 14.3. The Morgan fingerprint density at radius 3 is 2.87 bits per heavy atom. The number of nitrogens with zero attached hydrogens (tertiary/aromatic N) is 1. The average Bonchev–Trinajstić information content (AvgIpc) is 3.12. The van der Waals surface area contributed by atoms with Crippen LogP contribution >= 0.6 is 11.3 Å². The van der Waals surface area contributed by atoms with E-state index in [1.165, 1.54) is 15.6 Å². The summed E-state index contributed by atoms with van der Waals surface area (Å²) < 4.78 is 32.5. The van der Waals surface area contributed by atoms with E-state index in [1.54, 1.807) is 31.2 Å². The van der Waals surface area contributed by atoms with Gasteiger partial charge in [-0.2, -0.15) is 4.31 Å². The molecule has 3 rings (SSSR count). The molecule has 2 N–H and O–H groups in total. The number of ether oxygens (including phenoxy) is 1. The Balaban J connectivity index is 1.95. The van der Waals surface area contributed by atoms with Crippen LogP contribution < -0.4 is 5.73 Å². The highest BCUT2D eigenvalue weighted by Gasteiger charge is 2.31. The van der Waals surface area contributed by atoms with E-state index in [4.69, 9.17) is 10.5 Å². The van der Waals surface area contributed by atoms with E-state index in [0.717, 1.165) is 10.1 Å². The van der Waals surface area contributed by atoms with Crippen LogP contribution in [0.1, 0.15) is 23.0 Å². The molecule has 0 amide bonds. The van der Waals surface area contributed by atoms with E-state index >= 15 is 0 Å². The normalized spacial score (nSPS) is 19.3. The van der Waals surface area contributed by atoms with E-state index in [0.29, 0.717) is 31.0 Å². The monoisotopic (exact) mass is 354 g/mol. The molecule has 6 nitrogen and oxygen atoms in total. The molecule has 1 aromatic heterocycles. The van der Waals surface area contributed by atoms with Gasteiger partial charge in [-0.25, -0.2) is 13.2 Å². The fourth-order valence-corrected chi connectivity index (χ4v) is 5.09. The van der Waals surface area contributed by atoms with Crippen molar-refractivity contribution in [3.8, 4) is 0 Å². The summed E-state index contributed by atoms with van der Waals surface area (Å²) in [4.78, 5) is 12.5. The summed E-state index contributed by atoms with van der Waals surface area (Å²) >= 11 is 1.29. The Bertz CT molecular complexity index is 844. The lowest BCUT2D eigenvalue weighted by molar-refractivity contribution is 0.0532. The maximum atomic E-state index is 12.6. The van der Waals surface area contributed by atoms with Crippen molar-refractivity contribution in [1.82, 2.24) is 4.31 Å². The van der Waals surface area contributed by atoms with Crippen molar-refractivity contribution >= 4 is 37.4 Å². The molecule has 0 radical (unpaired) electrons. The topological polar surface area (TPSA) is 89.7 Å². The second kappa shape index (κ2) is 6.20. The first kappa shape index (κ1) is 16.4. The van der Waals surface area contributed by atoms with E-state index in [-0.39, 0.29) is 16.9 Å². The molecule has 0 bridgehead atoms. The molecule has 1 aromatic carbocycles. The first-order valence-electron chi connectivity index (χ1n) is 7.38. The number of carbonyl (C=O) groups is 1. The Hall–Kier alpha value is -1.48. The Labute approximate surface area is 138 Å². The molecule has 1 aliphatic heterocycles. The zero-order chi connectivity index (χ0) is 16.6. The molecule has 1 aliphatic rings. The van der Waals surface area contributed by atoms with Gasteiger partial charge in [0.25, 0.3) is 0 Å². The van der Waals surface area contributed by atoms with Crippen molar-refractivity contribution in [2.24, 2.45) is 5.73 Å². The average molecular weight is 354 g/mol. The number of fused-ring (bicyclic) bond motifs is 1. The van der Waals surface area contributed by atoms with Gasteiger partial charge in [-0.3, -0.25) is 0 Å². The predicted octanol–water partition coefficient (Wildman–Crippen LogP) is 1.80. The van der Waals surface area contributed by atoms with Crippen LogP contribution in [0.2, 0.25) is 0 Å². The number of rotatable bonds is 4. The van der Waals surface area contributed by atoms with E-state index in [1.807, 2.05) is 0 Å². The first-order valence-corrected chi connectivity index (χ1v) is 9.64. The van der Waals surface area contributed by atoms with E-state index < -0.39 is 10.0 Å². The summed E-state index contributed by atoms with van der Waals surface area (Å²) in [5.74, 6) is -0.386. The Morgan fingerprint density at radius 1 is 1.43 bits per heavy atom. The van der Waals surface area contributed by atoms with Crippen LogP contribution in [0.15, 0.2) is 29.2 Å². The van der Waals surface area contributed by atoms with Gasteiger partial charge < -0.3 is 10.5 Å². The number of hydrogen-bond donors (Lipinski definition) is 1. The van der Waals surface area contributed by atoms with Crippen LogP contribution in [0.3, 0.4) is 0 Å². The molecule has 1 fully saturated rings. The third-order valence-corrected chi connectivity index (χ3v) is 6.75. The van der Waals surface area contributed by atoms with Crippen molar-refractivity contribution in [3.63, 3.8) is 0 Å². The van der Waals surface area contributed by atoms with Gasteiger partial charge in [-0.05, 0) is 43.0 Å². The molecular weight excluding hydrogens is 336 g/mol. The summed E-state index contributed by atoms with van der Waals surface area (Å²) in [6.07, 6.45) is 0.674. The number of esters is 1. The van der Waals surface area contributed by atoms with Crippen LogP contribution in [-0.4, -0.2) is 44.4 Å². The number of hydrogen-bond acceptors (Lipinski definition) is 6. The van der Waals surface area contributed by atoms with Crippen LogP contribution in [0.5, 0.6) is 0 Å². The SMILES string of the molecule is CCOC(=O)c1cc2cc(S(=O)(=O)N3CC[C@H](N)C3)ccc2s1. The standard InChI is InChI=1S/C15H18N2O4S2/c1-2-21-15(18)14-8-10-7-12(3-4-13(10)22-14)23(19,20)17-6-5-11(16)9-17/h3-4,7-8,11H,2,5-6,9,16H2,1H3/t11-/m0/s1. The number of sulfonamides is 1. The second-order valence-electron chi connectivity index (χ2n) is 5.44. The molecule has 0 unspecified atom stereocenters. The van der Waals surface area contributed by atoms with Gasteiger partial charge in [0.2, 0.25) is 10.0 Å². The smallest absolute Gasteiger partial charge is 0.348 e.